The van der Waals surface area contributed by atoms with Crippen molar-refractivity contribution in [1.82, 2.24) is 0 Å². The highest BCUT2D eigenvalue weighted by Crippen LogP contribution is 2.39. The predicted molar refractivity (Wildman–Crippen MR) is 309 cm³/mol. The predicted octanol–water partition coefficient (Wildman–Crippen LogP) is 12.9. The molecule has 15 nitrogen and oxygen atoms in total. The number of carbonyl (C=O) groups is 2. The number of hydrogen-bond donors (Lipinski definition) is 2. The van der Waals surface area contributed by atoms with Gasteiger partial charge in [-0.05, 0) is 95.6 Å². The van der Waals surface area contributed by atoms with Gasteiger partial charge in [0.15, 0.2) is 25.2 Å². The van der Waals surface area contributed by atoms with Crippen molar-refractivity contribution in [2.24, 2.45) is 23.7 Å². The fraction of sp³-hybridized carbons (Fsp3) is 0.633. The number of carboxylic acids is 1. The van der Waals surface area contributed by atoms with E-state index in [0.717, 1.165) is 12.1 Å². The van der Waals surface area contributed by atoms with Gasteiger partial charge >= 0.3 is 11.9 Å². The Hall–Kier alpha value is -4.31. The van der Waals surface area contributed by atoms with Crippen LogP contribution in [0.1, 0.15) is 114 Å². The van der Waals surface area contributed by atoms with Gasteiger partial charge in [0, 0.05) is 60.3 Å². The fourth-order valence-electron chi connectivity index (χ4n) is 8.73. The van der Waals surface area contributed by atoms with Gasteiger partial charge in [0.1, 0.15) is 40.2 Å². The van der Waals surface area contributed by atoms with Crippen LogP contribution in [0.25, 0.3) is 12.2 Å². The summed E-state index contributed by atoms with van der Waals surface area (Å²) in [6.07, 6.45) is 15.7. The highest BCUT2D eigenvalue weighted by molar-refractivity contribution is 6.76. The summed E-state index contributed by atoms with van der Waals surface area (Å²) in [5.74, 6) is -0.950. The van der Waals surface area contributed by atoms with Crippen LogP contribution in [0.5, 0.6) is 23.0 Å². The maximum absolute atomic E-state index is 13.5. The number of esters is 1. The first kappa shape index (κ1) is 65.2. The molecule has 2 fully saturated rings. The van der Waals surface area contributed by atoms with Crippen molar-refractivity contribution in [3.63, 3.8) is 0 Å². The van der Waals surface area contributed by atoms with Crippen molar-refractivity contribution in [2.45, 2.75) is 182 Å². The summed E-state index contributed by atoms with van der Waals surface area (Å²) in [5.41, 5.74) is 1.55. The molecule has 0 aromatic heterocycles. The third-order valence-electron chi connectivity index (χ3n) is 13.6. The highest BCUT2D eigenvalue weighted by atomic mass is 28.3. The van der Waals surface area contributed by atoms with Crippen molar-refractivity contribution >= 4 is 40.2 Å². The fourth-order valence-corrected chi connectivity index (χ4v) is 10.2. The zero-order chi connectivity index (χ0) is 57.5. The Balaban J connectivity index is 0.000000333. The number of benzene rings is 2. The second-order valence-electron chi connectivity index (χ2n) is 24.1. The molecule has 3 aliphatic rings. The standard InChI is InChI=1S/C30H48O8Si.C30H46O7Si/c1-20(22(3)31)13-14-21(2)28-25(37-30(4,5)38-28)12-10-11-23-17-24(35-15-16-39(7,8)9)18-26(36-19-34-6)27(23)29(32)33;1-20-13-14-21(2)28-25(36-30(4,5)37-28)12-10-11-23-17-24(33-15-16-38(7,8)9)18-26(34-19-32-6)27(23)29(31)35-22(20)3/h10-11,13-14,17-18,20-22,25,28,31H,12,15-16,19H2,1-9H3,(H,32,33);10-11,13-14,17-18,20-22,25,28H,12,15-16,19H2,1-9H3/b2*11-10+,14-13-/t20-,21?,22+,25+,28?;20-,21?,22+,25+,28-/m11/s1. The van der Waals surface area contributed by atoms with Crippen molar-refractivity contribution < 1.29 is 71.9 Å². The maximum Gasteiger partial charge on any atom is 0.342 e. The lowest BCUT2D eigenvalue weighted by atomic mass is 9.94. The zero-order valence-electron chi connectivity index (χ0n) is 49.6. The average molecular weight is 1110 g/mol. The van der Waals surface area contributed by atoms with E-state index in [0.29, 0.717) is 60.0 Å². The van der Waals surface area contributed by atoms with E-state index in [1.54, 1.807) is 38.3 Å². The number of methoxy groups -OCH3 is 2. The van der Waals surface area contributed by atoms with Crippen LogP contribution in [-0.2, 0) is 33.2 Å². The Morgan fingerprint density at radius 1 is 0.766 bits per heavy atom. The zero-order valence-corrected chi connectivity index (χ0v) is 51.6. The molecule has 2 aromatic rings. The third kappa shape index (κ3) is 21.4. The molecule has 2 N–H and O–H groups in total. The lowest BCUT2D eigenvalue weighted by Crippen LogP contribution is -2.29. The number of aromatic carboxylic acids is 1. The highest BCUT2D eigenvalue weighted by Gasteiger charge is 2.44. The summed E-state index contributed by atoms with van der Waals surface area (Å²) < 4.78 is 64.7. The van der Waals surface area contributed by atoms with Crippen LogP contribution in [-0.4, -0.2) is 128 Å². The van der Waals surface area contributed by atoms with Crippen molar-refractivity contribution in [2.75, 3.05) is 41.0 Å². The topological polar surface area (TPSA) is 176 Å². The van der Waals surface area contributed by atoms with Gasteiger partial charge in [0.2, 0.25) is 0 Å². The third-order valence-corrected chi connectivity index (χ3v) is 17.0. The van der Waals surface area contributed by atoms with E-state index in [-0.39, 0.29) is 79.1 Å². The molecule has 432 valence electrons. The summed E-state index contributed by atoms with van der Waals surface area (Å²) in [6, 6.07) is 8.98. The van der Waals surface area contributed by atoms with Gasteiger partial charge in [-0.2, -0.15) is 0 Å². The summed E-state index contributed by atoms with van der Waals surface area (Å²) in [4.78, 5) is 25.7. The second-order valence-corrected chi connectivity index (χ2v) is 35.3. The number of carbonyl (C=O) groups excluding carboxylic acids is 1. The van der Waals surface area contributed by atoms with Gasteiger partial charge < -0.3 is 62.3 Å². The Morgan fingerprint density at radius 3 is 1.92 bits per heavy atom. The summed E-state index contributed by atoms with van der Waals surface area (Å²) in [7, 11) is 0.462. The van der Waals surface area contributed by atoms with Crippen LogP contribution in [0.4, 0.5) is 0 Å². The minimum absolute atomic E-state index is 0.00160. The van der Waals surface area contributed by atoms with Crippen LogP contribution in [0.15, 0.2) is 60.7 Å². The number of rotatable bonds is 22. The molecule has 2 aromatic carbocycles. The number of cyclic esters (lactones) is 1. The summed E-state index contributed by atoms with van der Waals surface area (Å²) in [5, 5.41) is 19.8. The van der Waals surface area contributed by atoms with Crippen LogP contribution < -0.4 is 18.9 Å². The Bertz CT molecular complexity index is 2330. The monoisotopic (exact) mass is 1110 g/mol. The first-order chi connectivity index (χ1) is 35.9. The maximum atomic E-state index is 13.5. The molecule has 0 amide bonds. The average Bonchev–Trinajstić information content (AvgIpc) is 3.82. The molecule has 0 bridgehead atoms. The van der Waals surface area contributed by atoms with Crippen LogP contribution in [0, 0.1) is 23.7 Å². The Kier molecular flexibility index (Phi) is 24.8. The summed E-state index contributed by atoms with van der Waals surface area (Å²) >= 11 is 0. The molecule has 0 spiro atoms. The molecule has 0 aliphatic carbocycles. The lowest BCUT2D eigenvalue weighted by Gasteiger charge is -2.23. The molecule has 0 radical (unpaired) electrons. The first-order valence-corrected chi connectivity index (χ1v) is 34.7. The molecule has 2 saturated heterocycles. The smallest absolute Gasteiger partial charge is 0.342 e. The van der Waals surface area contributed by atoms with E-state index in [2.05, 4.69) is 71.4 Å². The lowest BCUT2D eigenvalue weighted by molar-refractivity contribution is -0.148. The molecule has 3 heterocycles. The number of hydrogen-bond acceptors (Lipinski definition) is 14. The first-order valence-electron chi connectivity index (χ1n) is 27.3. The molecule has 3 unspecified atom stereocenters. The molecular formula is C60H94O15Si2. The molecule has 3 aliphatic heterocycles. The molecule has 0 saturated carbocycles. The molecule has 77 heavy (non-hydrogen) atoms. The van der Waals surface area contributed by atoms with E-state index >= 15 is 0 Å². The van der Waals surface area contributed by atoms with Crippen LogP contribution >= 0.6 is 0 Å². The number of ether oxygens (including phenoxy) is 11. The summed E-state index contributed by atoms with van der Waals surface area (Å²) in [6.45, 7) is 34.4. The number of carboxylic acid groups (broad SMARTS) is 1. The normalized spacial score (nSPS) is 25.5. The minimum atomic E-state index is -1.30. The van der Waals surface area contributed by atoms with E-state index in [1.807, 2.05) is 78.8 Å². The minimum Gasteiger partial charge on any atom is -0.494 e. The van der Waals surface area contributed by atoms with E-state index in [9.17, 15) is 19.8 Å². The quantitative estimate of drug-likeness (QED) is 0.0492. The van der Waals surface area contributed by atoms with E-state index in [1.165, 1.54) is 7.11 Å². The van der Waals surface area contributed by atoms with Gasteiger partial charge in [-0.25, -0.2) is 9.59 Å². The SMILES string of the molecule is COCOc1cc(OCC[Si](C)(C)C)cc(/C=C/C[C@@H]2OC(C)(C)OC2C(C)/C=C\[C@@H](C)[C@H](C)O)c1C(=O)O.COCOc1cc(OCC[Si](C)(C)C)cc2c1C(=O)O[C@@H](C)[C@H](C)/C=C\C(C)[C@H]1OC(C)(C)O[C@H]1C/C=C/2. The number of aliphatic hydroxyl groups excluding tert-OH is 1. The number of aliphatic hydroxyl groups is 1. The largest absolute Gasteiger partial charge is 0.494 e. The van der Waals surface area contributed by atoms with Crippen molar-refractivity contribution in [1.29, 1.82) is 0 Å². The Labute approximate surface area is 462 Å². The van der Waals surface area contributed by atoms with Gasteiger partial charge in [0.05, 0.1) is 43.7 Å². The van der Waals surface area contributed by atoms with Gasteiger partial charge in [-0.1, -0.05) is 116 Å². The molecular weight excluding hydrogens is 1020 g/mol. The van der Waals surface area contributed by atoms with Gasteiger partial charge in [-0.3, -0.25) is 0 Å². The molecule has 17 heteroatoms. The Morgan fingerprint density at radius 2 is 1.34 bits per heavy atom. The van der Waals surface area contributed by atoms with Crippen LogP contribution in [0.3, 0.4) is 0 Å². The second kappa shape index (κ2) is 29.2. The van der Waals surface area contributed by atoms with Crippen LogP contribution in [0.2, 0.25) is 51.4 Å². The van der Waals surface area contributed by atoms with Crippen molar-refractivity contribution in [3.8, 4) is 23.0 Å². The molecule has 10 atom stereocenters. The van der Waals surface area contributed by atoms with Gasteiger partial charge in [-0.15, -0.1) is 0 Å². The van der Waals surface area contributed by atoms with Gasteiger partial charge in [0.25, 0.3) is 0 Å². The number of fused-ring (bicyclic) bond motifs is 2. The molecule has 5 rings (SSSR count). The van der Waals surface area contributed by atoms with E-state index < -0.39 is 45.8 Å². The van der Waals surface area contributed by atoms with E-state index in [4.69, 9.17) is 52.1 Å². The van der Waals surface area contributed by atoms with Crippen molar-refractivity contribution in [3.05, 3.63) is 83.0 Å².